The fourth-order valence-electron chi connectivity index (χ4n) is 2.18. The molecule has 0 aromatic heterocycles. The van der Waals surface area contributed by atoms with Gasteiger partial charge in [-0.3, -0.25) is 15.0 Å². The Morgan fingerprint density at radius 3 is 2.76 bits per heavy atom. The number of carbonyl (C=O) groups excluding carboxylic acids is 2. The predicted molar refractivity (Wildman–Crippen MR) is 64.5 cm³/mol. The highest BCUT2D eigenvalue weighted by atomic mass is 16.2. The van der Waals surface area contributed by atoms with Crippen LogP contribution >= 0.6 is 0 Å². The second-order valence-corrected chi connectivity index (χ2v) is 4.57. The number of unbranched alkanes of at least 4 members (excludes halogenated alkanes) is 1. The monoisotopic (exact) mass is 242 g/mol. The topological polar surface area (TPSA) is 101 Å². The number of likely N-dealkylation sites (tertiary alicyclic amines) is 1. The fraction of sp³-hybridized carbons (Fsp3) is 0.818. The smallest absolute Gasteiger partial charge is 0.233 e. The molecule has 1 aliphatic rings. The number of hydrazine groups is 1. The van der Waals surface area contributed by atoms with Crippen LogP contribution in [0.15, 0.2) is 0 Å². The molecule has 6 nitrogen and oxygen atoms in total. The van der Waals surface area contributed by atoms with Gasteiger partial charge < -0.3 is 10.6 Å². The molecule has 0 aliphatic carbocycles. The van der Waals surface area contributed by atoms with Crippen LogP contribution in [0.25, 0.3) is 0 Å². The zero-order valence-electron chi connectivity index (χ0n) is 10.2. The highest BCUT2D eigenvalue weighted by Crippen LogP contribution is 2.16. The minimum absolute atomic E-state index is 0.00362. The van der Waals surface area contributed by atoms with Crippen molar-refractivity contribution < 1.29 is 9.59 Å². The average Bonchev–Trinajstić information content (AvgIpc) is 2.34. The zero-order chi connectivity index (χ0) is 12.7. The summed E-state index contributed by atoms with van der Waals surface area (Å²) in [6.45, 7) is 2.70. The van der Waals surface area contributed by atoms with Gasteiger partial charge in [0.05, 0.1) is 5.92 Å². The summed E-state index contributed by atoms with van der Waals surface area (Å²) < 4.78 is 0. The highest BCUT2D eigenvalue weighted by Gasteiger charge is 2.23. The van der Waals surface area contributed by atoms with E-state index in [1.807, 2.05) is 0 Å². The summed E-state index contributed by atoms with van der Waals surface area (Å²) >= 11 is 0. The number of hydrogen-bond acceptors (Lipinski definition) is 4. The van der Waals surface area contributed by atoms with E-state index in [9.17, 15) is 9.59 Å². The van der Waals surface area contributed by atoms with E-state index in [1.54, 1.807) is 0 Å². The Labute approximate surface area is 102 Å². The largest absolute Gasteiger partial charge is 0.369 e. The molecule has 0 spiro atoms. The number of hydrogen-bond donors (Lipinski definition) is 3. The second kappa shape index (κ2) is 7.24. The Bertz CT molecular complexity index is 270. The first-order valence-electron chi connectivity index (χ1n) is 6.14. The number of amides is 2. The summed E-state index contributed by atoms with van der Waals surface area (Å²) in [6, 6.07) is 0. The van der Waals surface area contributed by atoms with Crippen molar-refractivity contribution in [1.82, 2.24) is 10.3 Å². The maximum Gasteiger partial charge on any atom is 0.233 e. The van der Waals surface area contributed by atoms with Crippen molar-refractivity contribution in [1.29, 1.82) is 0 Å². The molecule has 1 unspecified atom stereocenters. The Hall–Kier alpha value is -1.14. The molecule has 0 aromatic carbocycles. The van der Waals surface area contributed by atoms with Gasteiger partial charge in [-0.1, -0.05) is 0 Å². The molecular formula is C11H22N4O2. The Kier molecular flexibility index (Phi) is 5.93. The number of nitrogens with zero attached hydrogens (tertiary/aromatic N) is 1. The van der Waals surface area contributed by atoms with Crippen LogP contribution in [0.2, 0.25) is 0 Å². The molecule has 5 N–H and O–H groups in total. The van der Waals surface area contributed by atoms with Gasteiger partial charge >= 0.3 is 0 Å². The van der Waals surface area contributed by atoms with Crippen molar-refractivity contribution in [2.45, 2.75) is 32.1 Å². The number of piperidine rings is 1. The molecule has 6 heteroatoms. The molecule has 98 valence electrons. The van der Waals surface area contributed by atoms with Crippen LogP contribution < -0.4 is 17.0 Å². The molecular weight excluding hydrogens is 220 g/mol. The molecule has 1 rings (SSSR count). The molecule has 0 saturated carbocycles. The van der Waals surface area contributed by atoms with Crippen molar-refractivity contribution in [3.8, 4) is 0 Å². The zero-order valence-corrected chi connectivity index (χ0v) is 10.2. The minimum Gasteiger partial charge on any atom is -0.369 e. The van der Waals surface area contributed by atoms with Gasteiger partial charge in [0.25, 0.3) is 0 Å². The first kappa shape index (κ1) is 13.9. The summed E-state index contributed by atoms with van der Waals surface area (Å²) in [5.41, 5.74) is 7.42. The van der Waals surface area contributed by atoms with E-state index in [0.717, 1.165) is 45.3 Å². The molecule has 1 saturated heterocycles. The Balaban J connectivity index is 2.14. The summed E-state index contributed by atoms with van der Waals surface area (Å²) in [5, 5.41) is 0. The SMILES string of the molecule is NNC(=O)CCCCN1CCCC(C(N)=O)C1. The van der Waals surface area contributed by atoms with E-state index in [0.29, 0.717) is 6.42 Å². The van der Waals surface area contributed by atoms with Crippen molar-refractivity contribution in [2.24, 2.45) is 17.5 Å². The highest BCUT2D eigenvalue weighted by molar-refractivity contribution is 5.77. The van der Waals surface area contributed by atoms with Crippen molar-refractivity contribution in [2.75, 3.05) is 19.6 Å². The van der Waals surface area contributed by atoms with Crippen LogP contribution in [-0.2, 0) is 9.59 Å². The summed E-state index contributed by atoms with van der Waals surface area (Å²) in [6.07, 6.45) is 4.15. The number of nitrogens with one attached hydrogen (secondary N) is 1. The average molecular weight is 242 g/mol. The van der Waals surface area contributed by atoms with Gasteiger partial charge in [-0.15, -0.1) is 0 Å². The van der Waals surface area contributed by atoms with Gasteiger partial charge in [0, 0.05) is 13.0 Å². The van der Waals surface area contributed by atoms with E-state index in [2.05, 4.69) is 10.3 Å². The molecule has 1 fully saturated rings. The third kappa shape index (κ3) is 5.14. The molecule has 0 radical (unpaired) electrons. The van der Waals surface area contributed by atoms with Crippen LogP contribution in [0.3, 0.4) is 0 Å². The molecule has 1 heterocycles. The molecule has 0 bridgehead atoms. The maximum absolute atomic E-state index is 11.1. The second-order valence-electron chi connectivity index (χ2n) is 4.57. The van der Waals surface area contributed by atoms with Gasteiger partial charge in [-0.05, 0) is 38.8 Å². The Morgan fingerprint density at radius 2 is 2.12 bits per heavy atom. The number of primary amides is 1. The van der Waals surface area contributed by atoms with Crippen LogP contribution in [-0.4, -0.2) is 36.3 Å². The lowest BCUT2D eigenvalue weighted by Crippen LogP contribution is -2.41. The summed E-state index contributed by atoms with van der Waals surface area (Å²) in [4.78, 5) is 24.2. The fourth-order valence-corrected chi connectivity index (χ4v) is 2.18. The summed E-state index contributed by atoms with van der Waals surface area (Å²) in [7, 11) is 0. The maximum atomic E-state index is 11.1. The van der Waals surface area contributed by atoms with Crippen molar-refractivity contribution in [3.63, 3.8) is 0 Å². The van der Waals surface area contributed by atoms with Gasteiger partial charge in [0.15, 0.2) is 0 Å². The van der Waals surface area contributed by atoms with Crippen molar-refractivity contribution in [3.05, 3.63) is 0 Å². The molecule has 2 amide bonds. The predicted octanol–water partition coefficient (Wildman–Crippen LogP) is -0.656. The quantitative estimate of drug-likeness (QED) is 0.249. The van der Waals surface area contributed by atoms with E-state index >= 15 is 0 Å². The minimum atomic E-state index is -0.197. The van der Waals surface area contributed by atoms with E-state index in [-0.39, 0.29) is 17.7 Å². The van der Waals surface area contributed by atoms with E-state index in [1.165, 1.54) is 0 Å². The van der Waals surface area contributed by atoms with Crippen LogP contribution in [0.5, 0.6) is 0 Å². The molecule has 17 heavy (non-hydrogen) atoms. The first-order chi connectivity index (χ1) is 8.13. The van der Waals surface area contributed by atoms with Crippen molar-refractivity contribution >= 4 is 11.8 Å². The number of nitrogens with two attached hydrogens (primary N) is 2. The van der Waals surface area contributed by atoms with Gasteiger partial charge in [0.1, 0.15) is 0 Å². The van der Waals surface area contributed by atoms with E-state index in [4.69, 9.17) is 11.6 Å². The van der Waals surface area contributed by atoms with Crippen LogP contribution in [0.4, 0.5) is 0 Å². The number of rotatable bonds is 6. The van der Waals surface area contributed by atoms with Crippen LogP contribution in [0, 0.1) is 5.92 Å². The lowest BCUT2D eigenvalue weighted by atomic mass is 9.97. The lowest BCUT2D eigenvalue weighted by Gasteiger charge is -2.31. The first-order valence-corrected chi connectivity index (χ1v) is 6.14. The van der Waals surface area contributed by atoms with Crippen LogP contribution in [0.1, 0.15) is 32.1 Å². The molecule has 0 aromatic rings. The Morgan fingerprint density at radius 1 is 1.35 bits per heavy atom. The number of carbonyl (C=O) groups is 2. The van der Waals surface area contributed by atoms with E-state index < -0.39 is 0 Å². The third-order valence-corrected chi connectivity index (χ3v) is 3.20. The molecule has 1 atom stereocenters. The van der Waals surface area contributed by atoms with Gasteiger partial charge in [-0.25, -0.2) is 5.84 Å². The summed E-state index contributed by atoms with van der Waals surface area (Å²) in [5.74, 6) is 4.66. The molecule has 1 aliphatic heterocycles. The standard InChI is InChI=1S/C11H22N4O2/c12-11(17)9-4-3-7-15(8-9)6-2-1-5-10(16)14-13/h9H,1-8,13H2,(H2,12,17)(H,14,16). The lowest BCUT2D eigenvalue weighted by molar-refractivity contribution is -0.123. The van der Waals surface area contributed by atoms with Gasteiger partial charge in [0.2, 0.25) is 11.8 Å². The normalized spacial score (nSPS) is 21.1. The van der Waals surface area contributed by atoms with Gasteiger partial charge in [-0.2, -0.15) is 0 Å². The third-order valence-electron chi connectivity index (χ3n) is 3.20.